The highest BCUT2D eigenvalue weighted by Gasteiger charge is 2.80. The number of rotatable bonds is 41. The molecular weight excluding hydrogens is 2070 g/mol. The zero-order chi connectivity index (χ0) is 104. The summed E-state index contributed by atoms with van der Waals surface area (Å²) >= 11 is 5.08. The fourth-order valence-corrected chi connectivity index (χ4v) is 15.8. The van der Waals surface area contributed by atoms with E-state index in [0.29, 0.717) is 13.2 Å². The van der Waals surface area contributed by atoms with Crippen LogP contribution in [0.1, 0.15) is 84.0 Å². The Hall–Kier alpha value is -3.18. The molecule has 2 rings (SSSR count). The lowest BCUT2D eigenvalue weighted by Gasteiger charge is -2.37. The molecule has 0 aromatic rings. The number of likely N-dealkylation sites (N-methyl/N-ethyl adjacent to an activating group) is 1. The Morgan fingerprint density at radius 2 is 0.612 bits per heavy atom. The van der Waals surface area contributed by atoms with Gasteiger partial charge in [-0.1, -0.05) is 0 Å². The van der Waals surface area contributed by atoms with E-state index in [1.165, 1.54) is 6.92 Å². The predicted molar refractivity (Wildman–Crippen MR) is 358 cm³/mol. The maximum absolute atomic E-state index is 14.2. The summed E-state index contributed by atoms with van der Waals surface area (Å²) in [4.78, 5) is 13.6. The number of aliphatic hydroxyl groups is 1. The Labute approximate surface area is 710 Å². The molecule has 778 valence electrons. The average molecular weight is 2150 g/mol. The number of nitrogens with one attached hydrogen (secondary N) is 3. The lowest BCUT2D eigenvalue weighted by Crippen LogP contribution is -2.57. The second-order valence-corrected chi connectivity index (χ2v) is 39.6. The summed E-state index contributed by atoms with van der Waals surface area (Å²) in [5.74, 6) is -13.7. The van der Waals surface area contributed by atoms with Gasteiger partial charge in [0.05, 0.1) is 90.7 Å². The number of aliphatic hydroxyl groups excluding tert-OH is 1. The fourth-order valence-electron chi connectivity index (χ4n) is 9.59. The van der Waals surface area contributed by atoms with Crippen molar-refractivity contribution >= 4 is 63.9 Å². The number of phosphoric ester groups is 2. The van der Waals surface area contributed by atoms with Gasteiger partial charge < -0.3 is 28.4 Å². The second-order valence-electron chi connectivity index (χ2n) is 28.1. The van der Waals surface area contributed by atoms with Crippen LogP contribution in [-0.2, 0) is 75.4 Å². The molecule has 2 aliphatic rings. The van der Waals surface area contributed by atoms with E-state index in [9.17, 15) is 228 Å². The van der Waals surface area contributed by atoms with Crippen LogP contribution in [0.15, 0.2) is 0 Å². The summed E-state index contributed by atoms with van der Waals surface area (Å²) in [6.07, 6.45) is -110. The van der Waals surface area contributed by atoms with Crippen LogP contribution < -0.4 is 19.1 Å². The standard InChI is InChI=1S/C19H29F14N2O6PS.C16H20F14NO6PS.C14H17F14NO3S.C3H9N.C2H4ClO3P.C2H3N/c1-35(2,3)7-9-41-42(36,37)40-8-6-34-43(38,39)10-4-5-13(11-14(20,16(22,23)24)17(25,26)27)12-15(21,18(28,29)30)19(31,32)33;17-11(13(19,20)21,14(22,23)24)8-10(9-12(18,15(25,26)27)16(28,29)30)2-1-7-39(33,34)31-3-4-35-38(32)36-5-6-37-38;15-9(11(17,18)19,12(20,21)22)6-8(2-1-5-33(31,32)29-3-4-30)7-10(16,13(23,24)25)14(26,27)28;1-4(2)3;3-7(4)5-1-2-6-7;1-2-3/h13,34H,4-12H2,1-3H3;10,31H,1-9H2;8,29-30H,1-7H2;1-3H3;1-2H2;1H3. The topological polar surface area (TPSA) is 325 Å². The molecule has 0 saturated carbocycles. The molecule has 73 heteroatoms. The Balaban J connectivity index is -0.000000845. The third-order valence-corrected chi connectivity index (χ3v) is 24.3. The number of nitriles is 1. The Morgan fingerprint density at radius 3 is 0.798 bits per heavy atom. The van der Waals surface area contributed by atoms with Gasteiger partial charge in [0.25, 0.3) is 41.8 Å². The lowest BCUT2D eigenvalue weighted by atomic mass is 9.80. The van der Waals surface area contributed by atoms with Gasteiger partial charge in [0.1, 0.15) is 13.2 Å². The summed E-state index contributed by atoms with van der Waals surface area (Å²) in [6, 6.07) is 1.75. The molecule has 1 unspecified atom stereocenters. The number of quaternary nitrogens is 1. The first-order chi connectivity index (χ1) is 56.6. The van der Waals surface area contributed by atoms with Gasteiger partial charge in [0.2, 0.25) is 30.1 Å². The van der Waals surface area contributed by atoms with Gasteiger partial charge in [-0.15, -0.1) is 0 Å². The average Bonchev–Trinajstić information content (AvgIpc) is 1.26. The molecule has 0 bridgehead atoms. The first-order valence-electron chi connectivity index (χ1n) is 34.5. The molecule has 2 aliphatic heterocycles. The minimum absolute atomic E-state index is 0.115. The maximum atomic E-state index is 14.2. The van der Waals surface area contributed by atoms with Crippen molar-refractivity contribution in [1.82, 2.24) is 19.1 Å². The summed E-state index contributed by atoms with van der Waals surface area (Å²) < 4.78 is 689. The number of hydrogen-bond acceptors (Lipinski definition) is 20. The molecule has 0 spiro atoms. The van der Waals surface area contributed by atoms with Crippen LogP contribution in [0.5, 0.6) is 0 Å². The van der Waals surface area contributed by atoms with E-state index in [4.69, 9.17) is 21.6 Å². The van der Waals surface area contributed by atoms with Crippen LogP contribution in [0.3, 0.4) is 0 Å². The van der Waals surface area contributed by atoms with Gasteiger partial charge >= 0.3 is 88.9 Å². The molecule has 0 radical (unpaired) electrons. The molecule has 24 nitrogen and oxygen atoms in total. The summed E-state index contributed by atoms with van der Waals surface area (Å²) in [6.45, 7) is -5.81. The maximum Gasteiger partial charge on any atom is 0.474 e. The van der Waals surface area contributed by atoms with Crippen LogP contribution in [-0.4, -0.2) is 286 Å². The smallest absolute Gasteiger partial charge is 0.474 e. The molecule has 2 fully saturated rings. The number of nitrogens with zero attached hydrogens (tertiary/aromatic N) is 3. The third kappa shape index (κ3) is 44.9. The van der Waals surface area contributed by atoms with Crippen molar-refractivity contribution in [1.29, 1.82) is 5.26 Å². The van der Waals surface area contributed by atoms with Gasteiger partial charge in [-0.05, 0) is 77.4 Å². The van der Waals surface area contributed by atoms with Crippen molar-refractivity contribution in [3.05, 3.63) is 0 Å². The van der Waals surface area contributed by atoms with Crippen molar-refractivity contribution < 1.29 is 269 Å². The summed E-state index contributed by atoms with van der Waals surface area (Å²) in [7, 11) is -11.5. The number of sulfonamides is 3. The van der Waals surface area contributed by atoms with Gasteiger partial charge in [0.15, 0.2) is 0 Å². The summed E-state index contributed by atoms with van der Waals surface area (Å²) in [5.41, 5.74) is -38.1. The van der Waals surface area contributed by atoms with Crippen molar-refractivity contribution in [2.24, 2.45) is 17.8 Å². The molecule has 2 heterocycles. The molecule has 0 aromatic carbocycles. The highest BCUT2D eigenvalue weighted by atomic mass is 35.7. The first kappa shape index (κ1) is 132. The first-order valence-corrected chi connectivity index (χ1v) is 44.8. The number of halogens is 43. The zero-order valence-electron chi connectivity index (χ0n) is 66.4. The Kier molecular flexibility index (Phi) is 50.6. The van der Waals surface area contributed by atoms with E-state index in [2.05, 4.69) is 31.7 Å². The van der Waals surface area contributed by atoms with E-state index in [1.54, 1.807) is 41.4 Å². The van der Waals surface area contributed by atoms with E-state index < -0.39 is 312 Å². The minimum atomic E-state index is -6.91. The van der Waals surface area contributed by atoms with Gasteiger partial charge in [-0.25, -0.2) is 74.9 Å². The van der Waals surface area contributed by atoms with Crippen LogP contribution in [0.25, 0.3) is 0 Å². The Morgan fingerprint density at radius 1 is 0.419 bits per heavy atom. The van der Waals surface area contributed by atoms with Crippen molar-refractivity contribution in [3.63, 3.8) is 0 Å². The molecule has 129 heavy (non-hydrogen) atoms. The van der Waals surface area contributed by atoms with Crippen LogP contribution in [0.4, 0.5) is 184 Å². The van der Waals surface area contributed by atoms with Gasteiger partial charge in [-0.3, -0.25) is 27.2 Å². The highest BCUT2D eigenvalue weighted by molar-refractivity contribution is 7.90. The monoisotopic (exact) mass is 2150 g/mol. The van der Waals surface area contributed by atoms with Crippen LogP contribution in [0.2, 0.25) is 0 Å². The molecule has 2 saturated heterocycles. The molecule has 4 N–H and O–H groups in total. The zero-order valence-corrected chi connectivity index (χ0v) is 72.3. The van der Waals surface area contributed by atoms with E-state index >= 15 is 0 Å². The van der Waals surface area contributed by atoms with E-state index in [0.717, 1.165) is 0 Å². The van der Waals surface area contributed by atoms with Crippen molar-refractivity contribution in [3.8, 4) is 6.07 Å². The van der Waals surface area contributed by atoms with Gasteiger partial charge in [-0.2, -0.15) is 163 Å². The molecular formula is C56H82ClF42N6O18P3S3. The van der Waals surface area contributed by atoms with Crippen molar-refractivity contribution in [2.45, 2.75) is 192 Å². The number of phosphoric acid groups is 2. The number of alkyl halides is 42. The minimum Gasteiger partial charge on any atom is -0.756 e. The number of hydrogen-bond donors (Lipinski definition) is 4. The summed E-state index contributed by atoms with van der Waals surface area (Å²) in [5, 5.41) is 15.8. The lowest BCUT2D eigenvalue weighted by molar-refractivity contribution is -0.870. The quantitative estimate of drug-likeness (QED) is 0.0191. The van der Waals surface area contributed by atoms with Crippen LogP contribution >= 0.6 is 33.8 Å². The molecule has 0 aromatic heterocycles. The Bertz CT molecular complexity index is 3650. The predicted octanol–water partition coefficient (Wildman–Crippen LogP) is 17.7. The molecule has 0 amide bonds. The van der Waals surface area contributed by atoms with E-state index in [1.807, 2.05) is 26.0 Å². The largest absolute Gasteiger partial charge is 0.756 e. The SMILES string of the molecule is CC#N.CN(C)C.C[N+](C)(C)CCOP(=O)([O-])OCCNS(=O)(=O)CCCC(CC(F)(C(F)(F)F)C(F)(F)F)CC(F)(C(F)(F)F)C(F)(F)F.O=P1(Cl)OCCO1.O=P1(OCCNS(=O)(=O)CCCC(CC(F)(C(F)(F)F)C(F)(F)F)CC(F)(C(F)(F)F)C(F)(F)F)OCCO1.O=S(=O)(CCCC(CC(F)(C(F)(F)F)C(F)(F)F)CC(F)(C(F)(F)F)C(F)(F)F)NCCO. The van der Waals surface area contributed by atoms with E-state index in [-0.39, 0.29) is 30.8 Å². The third-order valence-electron chi connectivity index (χ3n) is 15.8. The highest BCUT2D eigenvalue weighted by Crippen LogP contribution is 2.61. The van der Waals surface area contributed by atoms with Crippen molar-refractivity contribution in [2.75, 3.05) is 139 Å². The fraction of sp³-hybridized carbons (Fsp3) is 0.982. The second kappa shape index (κ2) is 49.4. The van der Waals surface area contributed by atoms with Gasteiger partial charge in [0, 0.05) is 76.3 Å². The normalized spacial score (nSPS) is 16.8. The molecule has 1 atom stereocenters. The van der Waals surface area contributed by atoms with Crippen LogP contribution in [0, 0.1) is 29.1 Å². The molecule has 0 aliphatic carbocycles.